The smallest absolute Gasteiger partial charge is 0.123 e. The zero-order valence-corrected chi connectivity index (χ0v) is 7.16. The summed E-state index contributed by atoms with van der Waals surface area (Å²) in [6.07, 6.45) is 0.300. The van der Waals surface area contributed by atoms with Gasteiger partial charge in [-0.1, -0.05) is 0 Å². The molecule has 0 aliphatic carbocycles. The van der Waals surface area contributed by atoms with Gasteiger partial charge in [-0.3, -0.25) is 0 Å². The van der Waals surface area contributed by atoms with Crippen LogP contribution < -0.4 is 0 Å². The maximum Gasteiger partial charge on any atom is 0.123 e. The van der Waals surface area contributed by atoms with Gasteiger partial charge in [-0.2, -0.15) is 5.10 Å². The zero-order chi connectivity index (χ0) is 10.1. The lowest BCUT2D eigenvalue weighted by atomic mass is 10.3. The van der Waals surface area contributed by atoms with Crippen LogP contribution in [0.1, 0.15) is 7.06 Å². The molecule has 2 rings (SSSR count). The van der Waals surface area contributed by atoms with Crippen LogP contribution >= 0.6 is 0 Å². The number of benzene rings is 1. The van der Waals surface area contributed by atoms with Gasteiger partial charge >= 0.3 is 0 Å². The van der Waals surface area contributed by atoms with Crippen molar-refractivity contribution < 1.29 is 5.76 Å². The average Bonchev–Trinajstić information content (AvgIpc) is 2.47. The minimum Gasteiger partial charge on any atom is -0.241 e. The third kappa shape index (κ3) is 1.59. The van der Waals surface area contributed by atoms with E-state index in [1.807, 2.05) is 6.92 Å². The summed E-state index contributed by atoms with van der Waals surface area (Å²) >= 11 is 0. The van der Waals surface area contributed by atoms with Gasteiger partial charge < -0.3 is 0 Å². The van der Waals surface area contributed by atoms with Crippen LogP contribution in [-0.4, -0.2) is 9.78 Å². The highest BCUT2D eigenvalue weighted by atomic mass is 19.1. The summed E-state index contributed by atoms with van der Waals surface area (Å²) < 4.78 is 21.7. The Kier molecular flexibility index (Phi) is 1.58. The Bertz CT molecular complexity index is 448. The van der Waals surface area contributed by atoms with E-state index in [1.54, 1.807) is 18.2 Å². The number of hydrogen-bond donors (Lipinski definition) is 0. The van der Waals surface area contributed by atoms with E-state index in [0.717, 1.165) is 5.69 Å². The molecular weight excluding hydrogens is 167 g/mol. The van der Waals surface area contributed by atoms with Crippen LogP contribution in [0, 0.1) is 12.7 Å². The highest BCUT2D eigenvalue weighted by Crippen LogP contribution is 2.08. The van der Waals surface area contributed by atoms with Gasteiger partial charge in [0.25, 0.3) is 0 Å². The normalized spacial score (nSPS) is 11.4. The molecule has 0 aliphatic heterocycles. The second kappa shape index (κ2) is 3.01. The predicted octanol–water partition coefficient (Wildman–Crippen LogP) is 2.32. The van der Waals surface area contributed by atoms with Gasteiger partial charge in [-0.05, 0) is 37.3 Å². The molecule has 3 heteroatoms. The molecule has 0 aliphatic rings. The second-order valence-corrected chi connectivity index (χ2v) is 2.80. The summed E-state index contributed by atoms with van der Waals surface area (Å²) in [5.41, 5.74) is 1.48. The molecule has 0 unspecified atom stereocenters. The summed E-state index contributed by atoms with van der Waals surface area (Å²) in [5.74, 6) is -0.288. The van der Waals surface area contributed by atoms with Gasteiger partial charge in [-0.15, -0.1) is 0 Å². The molecule has 0 N–H and O–H groups in total. The fraction of sp³-hybridized carbons (Fsp3) is 0.100. The highest BCUT2D eigenvalue weighted by molar-refractivity contribution is 5.30. The van der Waals surface area contributed by atoms with Crippen LogP contribution in [0.15, 0.2) is 36.5 Å². The summed E-state index contributed by atoms with van der Waals surface area (Å²) in [6.45, 7) is 1.82. The zero-order valence-electron chi connectivity index (χ0n) is 8.16. The molecule has 0 saturated carbocycles. The molecule has 2 aromatic rings. The third-order valence-corrected chi connectivity index (χ3v) is 1.72. The van der Waals surface area contributed by atoms with E-state index in [2.05, 4.69) is 5.10 Å². The Morgan fingerprint density at radius 2 is 2.00 bits per heavy atom. The van der Waals surface area contributed by atoms with Crippen molar-refractivity contribution in [2.45, 2.75) is 6.92 Å². The Morgan fingerprint density at radius 3 is 2.54 bits per heavy atom. The number of hydrogen-bond acceptors (Lipinski definition) is 1. The van der Waals surface area contributed by atoms with Crippen LogP contribution in [-0.2, 0) is 0 Å². The topological polar surface area (TPSA) is 17.8 Å². The third-order valence-electron chi connectivity index (χ3n) is 1.72. The molecule has 0 saturated heterocycles. The first-order valence-corrected chi connectivity index (χ1v) is 3.96. The Labute approximate surface area is 77.0 Å². The van der Waals surface area contributed by atoms with Crippen LogP contribution in [0.4, 0.5) is 4.39 Å². The van der Waals surface area contributed by atoms with Gasteiger partial charge in [0.2, 0.25) is 0 Å². The monoisotopic (exact) mass is 177 g/mol. The molecule has 13 heavy (non-hydrogen) atoms. The van der Waals surface area contributed by atoms with Crippen LogP contribution in [0.3, 0.4) is 0 Å². The van der Waals surface area contributed by atoms with Gasteiger partial charge in [0.1, 0.15) is 5.82 Å². The van der Waals surface area contributed by atoms with E-state index in [9.17, 15) is 4.39 Å². The van der Waals surface area contributed by atoms with E-state index >= 15 is 0 Å². The molecule has 0 radical (unpaired) electrons. The molecule has 1 aromatic carbocycles. The number of nitrogens with zero attached hydrogens (tertiary/aromatic N) is 2. The maximum atomic E-state index is 12.6. The fourth-order valence-corrected chi connectivity index (χ4v) is 1.08. The van der Waals surface area contributed by atoms with E-state index in [0.29, 0.717) is 11.9 Å². The van der Waals surface area contributed by atoms with Crippen molar-refractivity contribution in [2.24, 2.45) is 0 Å². The number of aryl methyl sites for hydroxylation is 1. The van der Waals surface area contributed by atoms with Crippen LogP contribution in [0.5, 0.6) is 0 Å². The lowest BCUT2D eigenvalue weighted by Gasteiger charge is -1.99. The average molecular weight is 177 g/mol. The molecule has 0 atom stereocenters. The Balaban J connectivity index is 2.49. The first-order valence-electron chi connectivity index (χ1n) is 4.46. The van der Waals surface area contributed by atoms with Crippen molar-refractivity contribution in [2.75, 3.05) is 0 Å². The number of rotatable bonds is 1. The summed E-state index contributed by atoms with van der Waals surface area (Å²) in [4.78, 5) is 0. The summed E-state index contributed by atoms with van der Waals surface area (Å²) in [6, 6.07) is 7.56. The van der Waals surface area contributed by atoms with Crippen molar-refractivity contribution in [3.8, 4) is 5.69 Å². The lowest BCUT2D eigenvalue weighted by molar-refractivity contribution is 0.627. The first-order chi connectivity index (χ1) is 6.66. The SMILES string of the molecule is [2H]c1cc(C)nn1-c1ccc(F)cc1. The Hall–Kier alpha value is -1.64. The molecule has 0 amide bonds. The predicted molar refractivity (Wildman–Crippen MR) is 48.3 cm³/mol. The summed E-state index contributed by atoms with van der Waals surface area (Å²) in [5, 5.41) is 4.12. The minimum atomic E-state index is -0.288. The number of halogens is 1. The molecule has 0 fully saturated rings. The fourth-order valence-electron chi connectivity index (χ4n) is 1.08. The molecular formula is C10H9FN2. The minimum absolute atomic E-state index is 0.288. The van der Waals surface area contributed by atoms with Crippen LogP contribution in [0.2, 0.25) is 0 Å². The quantitative estimate of drug-likeness (QED) is 0.653. The molecule has 1 heterocycles. The van der Waals surface area contributed by atoms with E-state index in [1.165, 1.54) is 16.8 Å². The molecule has 0 spiro atoms. The maximum absolute atomic E-state index is 12.6. The molecule has 2 nitrogen and oxygen atoms in total. The van der Waals surface area contributed by atoms with Gasteiger partial charge in [-0.25, -0.2) is 9.07 Å². The van der Waals surface area contributed by atoms with Crippen molar-refractivity contribution in [3.63, 3.8) is 0 Å². The molecule has 0 bridgehead atoms. The Morgan fingerprint density at radius 1 is 1.31 bits per heavy atom. The van der Waals surface area contributed by atoms with Gasteiger partial charge in [0.15, 0.2) is 0 Å². The number of aromatic nitrogens is 2. The van der Waals surface area contributed by atoms with E-state index < -0.39 is 0 Å². The highest BCUT2D eigenvalue weighted by Gasteiger charge is 1.97. The standard InChI is InChI=1S/C10H9FN2/c1-8-6-7-13(12-8)10-4-2-9(11)3-5-10/h2-7H,1H3/i7D. The first kappa shape index (κ1) is 6.83. The van der Waals surface area contributed by atoms with E-state index in [-0.39, 0.29) is 5.82 Å². The summed E-state index contributed by atoms with van der Waals surface area (Å²) in [7, 11) is 0. The van der Waals surface area contributed by atoms with Crippen molar-refractivity contribution >= 4 is 0 Å². The second-order valence-electron chi connectivity index (χ2n) is 2.80. The molecule has 66 valence electrons. The molecule has 1 aromatic heterocycles. The largest absolute Gasteiger partial charge is 0.241 e. The van der Waals surface area contributed by atoms with Crippen LogP contribution in [0.25, 0.3) is 5.69 Å². The van der Waals surface area contributed by atoms with Gasteiger partial charge in [0.05, 0.1) is 12.8 Å². The van der Waals surface area contributed by atoms with Gasteiger partial charge in [0, 0.05) is 6.17 Å². The van der Waals surface area contributed by atoms with Crippen molar-refractivity contribution in [3.05, 3.63) is 48.0 Å². The lowest BCUT2D eigenvalue weighted by Crippen LogP contribution is -1.94. The van der Waals surface area contributed by atoms with E-state index in [4.69, 9.17) is 1.37 Å². The van der Waals surface area contributed by atoms with Crippen molar-refractivity contribution in [1.29, 1.82) is 0 Å². The van der Waals surface area contributed by atoms with Crippen molar-refractivity contribution in [1.82, 2.24) is 9.78 Å².